The molecule has 4 rings (SSSR count). The number of hydrogen-bond acceptors (Lipinski definition) is 6. The summed E-state index contributed by atoms with van der Waals surface area (Å²) >= 11 is 0. The lowest BCUT2D eigenvalue weighted by Gasteiger charge is -2.30. The summed E-state index contributed by atoms with van der Waals surface area (Å²) < 4.78 is 7.50. The molecule has 1 aliphatic heterocycles. The van der Waals surface area contributed by atoms with E-state index in [-0.39, 0.29) is 6.04 Å². The van der Waals surface area contributed by atoms with Crippen molar-refractivity contribution in [3.63, 3.8) is 0 Å². The summed E-state index contributed by atoms with van der Waals surface area (Å²) in [6.45, 7) is 3.63. The Kier molecular flexibility index (Phi) is 4.10. The van der Waals surface area contributed by atoms with Gasteiger partial charge in [-0.1, -0.05) is 17.3 Å². The van der Waals surface area contributed by atoms with E-state index in [1.165, 1.54) is 5.56 Å². The fourth-order valence-electron chi connectivity index (χ4n) is 2.93. The molecule has 1 fully saturated rings. The number of nitrogens with zero attached hydrogens (tertiary/aromatic N) is 5. The zero-order valence-corrected chi connectivity index (χ0v) is 13.6. The lowest BCUT2D eigenvalue weighted by atomic mass is 10.1. The van der Waals surface area contributed by atoms with Crippen molar-refractivity contribution in [2.24, 2.45) is 0 Å². The third-order valence-corrected chi connectivity index (χ3v) is 4.38. The second-order valence-corrected chi connectivity index (χ2v) is 6.09. The number of nitrogens with one attached hydrogen (secondary N) is 1. The monoisotopic (exact) mass is 324 g/mol. The van der Waals surface area contributed by atoms with Crippen LogP contribution in [0.1, 0.15) is 17.4 Å². The summed E-state index contributed by atoms with van der Waals surface area (Å²) in [6, 6.07) is 8.36. The first-order chi connectivity index (χ1) is 11.8. The van der Waals surface area contributed by atoms with E-state index in [0.29, 0.717) is 5.89 Å². The smallest absolute Gasteiger partial charge is 0.257 e. The number of imidazole rings is 1. The highest BCUT2D eigenvalue weighted by Crippen LogP contribution is 2.23. The number of likely N-dealkylation sites (N-methyl/N-ethyl adjacent to an activating group) is 1. The van der Waals surface area contributed by atoms with Crippen molar-refractivity contribution >= 4 is 0 Å². The molecule has 2 aromatic heterocycles. The molecule has 3 aromatic rings. The van der Waals surface area contributed by atoms with Crippen LogP contribution in [0.4, 0.5) is 0 Å². The minimum Gasteiger partial charge on any atom is -0.334 e. The van der Waals surface area contributed by atoms with Crippen LogP contribution in [0.2, 0.25) is 0 Å². The van der Waals surface area contributed by atoms with E-state index in [1.807, 2.05) is 29.2 Å². The molecule has 0 aliphatic carbocycles. The molecule has 3 heterocycles. The Morgan fingerprint density at radius 3 is 2.92 bits per heavy atom. The maximum Gasteiger partial charge on any atom is 0.257 e. The maximum absolute atomic E-state index is 5.47. The van der Waals surface area contributed by atoms with E-state index in [1.54, 1.807) is 6.20 Å². The molecule has 0 radical (unpaired) electrons. The van der Waals surface area contributed by atoms with Crippen LogP contribution in [0.25, 0.3) is 11.5 Å². The molecule has 7 heteroatoms. The van der Waals surface area contributed by atoms with E-state index in [2.05, 4.69) is 44.5 Å². The van der Waals surface area contributed by atoms with Crippen molar-refractivity contribution in [3.05, 3.63) is 54.4 Å². The van der Waals surface area contributed by atoms with Gasteiger partial charge in [0.25, 0.3) is 5.89 Å². The number of hydrogen-bond donors (Lipinski definition) is 1. The Balaban J connectivity index is 1.49. The van der Waals surface area contributed by atoms with Crippen LogP contribution < -0.4 is 5.32 Å². The molecular formula is C17H20N6O. The number of aromatic nitrogens is 4. The number of piperazine rings is 1. The van der Waals surface area contributed by atoms with Gasteiger partial charge in [-0.25, -0.2) is 4.98 Å². The standard InChI is InChI=1S/C17H20N6O/c1-22-8-6-18-10-15(22)16-20-17(24-21-16)14-4-2-13(3-5-14)11-23-9-7-19-12-23/h2-5,7,9,12,15,18H,6,8,10-11H2,1H3. The van der Waals surface area contributed by atoms with E-state index in [9.17, 15) is 0 Å². The quantitative estimate of drug-likeness (QED) is 0.785. The van der Waals surface area contributed by atoms with Crippen LogP contribution in [-0.2, 0) is 6.54 Å². The largest absolute Gasteiger partial charge is 0.334 e. The third kappa shape index (κ3) is 3.08. The van der Waals surface area contributed by atoms with Gasteiger partial charge in [0, 0.05) is 44.1 Å². The first kappa shape index (κ1) is 15.0. The van der Waals surface area contributed by atoms with E-state index >= 15 is 0 Å². The predicted molar refractivity (Wildman–Crippen MR) is 89.3 cm³/mol. The van der Waals surface area contributed by atoms with E-state index in [0.717, 1.165) is 37.6 Å². The molecule has 1 aliphatic rings. The van der Waals surface area contributed by atoms with Gasteiger partial charge < -0.3 is 14.4 Å². The lowest BCUT2D eigenvalue weighted by Crippen LogP contribution is -2.44. The Labute approximate surface area is 140 Å². The molecule has 24 heavy (non-hydrogen) atoms. The van der Waals surface area contributed by atoms with Crippen molar-refractivity contribution in [1.82, 2.24) is 29.9 Å². The summed E-state index contributed by atoms with van der Waals surface area (Å²) in [4.78, 5) is 10.9. The van der Waals surface area contributed by atoms with Gasteiger partial charge >= 0.3 is 0 Å². The Hall–Kier alpha value is -2.51. The predicted octanol–water partition coefficient (Wildman–Crippen LogP) is 1.56. The van der Waals surface area contributed by atoms with Crippen molar-refractivity contribution in [2.75, 3.05) is 26.7 Å². The molecule has 1 saturated heterocycles. The van der Waals surface area contributed by atoms with Gasteiger partial charge in [-0.2, -0.15) is 4.98 Å². The highest BCUT2D eigenvalue weighted by atomic mass is 16.5. The van der Waals surface area contributed by atoms with Gasteiger partial charge in [0.2, 0.25) is 0 Å². The average molecular weight is 324 g/mol. The molecule has 0 bridgehead atoms. The van der Waals surface area contributed by atoms with Gasteiger partial charge in [0.1, 0.15) is 0 Å². The van der Waals surface area contributed by atoms with Crippen LogP contribution in [-0.4, -0.2) is 51.3 Å². The molecule has 124 valence electrons. The highest BCUT2D eigenvalue weighted by Gasteiger charge is 2.25. The summed E-state index contributed by atoms with van der Waals surface area (Å²) in [5, 5.41) is 7.54. The van der Waals surface area contributed by atoms with Crippen molar-refractivity contribution < 1.29 is 4.52 Å². The molecular weight excluding hydrogens is 304 g/mol. The third-order valence-electron chi connectivity index (χ3n) is 4.38. The Morgan fingerprint density at radius 1 is 1.29 bits per heavy atom. The van der Waals surface area contributed by atoms with Gasteiger partial charge in [-0.15, -0.1) is 0 Å². The van der Waals surface area contributed by atoms with Crippen LogP contribution in [0.15, 0.2) is 47.5 Å². The molecule has 7 nitrogen and oxygen atoms in total. The van der Waals surface area contributed by atoms with Crippen LogP contribution in [0.5, 0.6) is 0 Å². The first-order valence-corrected chi connectivity index (χ1v) is 8.09. The second-order valence-electron chi connectivity index (χ2n) is 6.09. The van der Waals surface area contributed by atoms with Crippen molar-refractivity contribution in [2.45, 2.75) is 12.6 Å². The van der Waals surface area contributed by atoms with Crippen LogP contribution in [0.3, 0.4) is 0 Å². The second kappa shape index (κ2) is 6.54. The zero-order valence-electron chi connectivity index (χ0n) is 13.6. The summed E-state index contributed by atoms with van der Waals surface area (Å²) in [5.41, 5.74) is 2.14. The van der Waals surface area contributed by atoms with E-state index < -0.39 is 0 Å². The Morgan fingerprint density at radius 2 is 2.17 bits per heavy atom. The van der Waals surface area contributed by atoms with Gasteiger partial charge in [0.15, 0.2) is 5.82 Å². The zero-order chi connectivity index (χ0) is 16.4. The lowest BCUT2D eigenvalue weighted by molar-refractivity contribution is 0.190. The summed E-state index contributed by atoms with van der Waals surface area (Å²) in [6.07, 6.45) is 5.55. The van der Waals surface area contributed by atoms with Crippen LogP contribution in [0, 0.1) is 0 Å². The molecule has 0 spiro atoms. The Bertz CT molecular complexity index is 780. The number of rotatable bonds is 4. The molecule has 0 saturated carbocycles. The van der Waals surface area contributed by atoms with Gasteiger partial charge in [0.05, 0.1) is 12.4 Å². The highest BCUT2D eigenvalue weighted by molar-refractivity contribution is 5.53. The van der Waals surface area contributed by atoms with Gasteiger partial charge in [-0.05, 0) is 24.7 Å². The van der Waals surface area contributed by atoms with Gasteiger partial charge in [-0.3, -0.25) is 4.90 Å². The fourth-order valence-corrected chi connectivity index (χ4v) is 2.93. The normalized spacial score (nSPS) is 18.8. The first-order valence-electron chi connectivity index (χ1n) is 8.09. The van der Waals surface area contributed by atoms with Crippen LogP contribution >= 0.6 is 0 Å². The topological polar surface area (TPSA) is 72.0 Å². The number of benzene rings is 1. The molecule has 1 unspecified atom stereocenters. The van der Waals surface area contributed by atoms with Crippen molar-refractivity contribution in [3.8, 4) is 11.5 Å². The molecule has 1 N–H and O–H groups in total. The summed E-state index contributed by atoms with van der Waals surface area (Å²) in [5.74, 6) is 1.31. The minimum absolute atomic E-state index is 0.164. The molecule has 0 amide bonds. The minimum atomic E-state index is 0.164. The maximum atomic E-state index is 5.47. The van der Waals surface area contributed by atoms with E-state index in [4.69, 9.17) is 4.52 Å². The average Bonchev–Trinajstić information content (AvgIpc) is 3.28. The summed E-state index contributed by atoms with van der Waals surface area (Å²) in [7, 11) is 2.09. The van der Waals surface area contributed by atoms with Crippen molar-refractivity contribution in [1.29, 1.82) is 0 Å². The SMILES string of the molecule is CN1CCNCC1c1noc(-c2ccc(Cn3ccnc3)cc2)n1. The molecule has 1 atom stereocenters. The molecule has 1 aromatic carbocycles. The fraction of sp³-hybridized carbons (Fsp3) is 0.353.